The van der Waals surface area contributed by atoms with Crippen molar-refractivity contribution in [2.75, 3.05) is 25.2 Å². The summed E-state index contributed by atoms with van der Waals surface area (Å²) in [5.41, 5.74) is -1.81. The van der Waals surface area contributed by atoms with Crippen LogP contribution in [0.15, 0.2) is 24.5 Å². The molecule has 0 saturated heterocycles. The van der Waals surface area contributed by atoms with Gasteiger partial charge in [-0.05, 0) is 78.2 Å². The Balaban J connectivity index is 1.26. The van der Waals surface area contributed by atoms with E-state index in [1.165, 1.54) is 31.7 Å². The Morgan fingerprint density at radius 2 is 1.78 bits per heavy atom. The van der Waals surface area contributed by atoms with Crippen molar-refractivity contribution < 1.29 is 37.2 Å². The first-order valence-corrected chi connectivity index (χ1v) is 17.9. The molecule has 0 bridgehead atoms. The Bertz CT molecular complexity index is 1680. The second-order valence-electron chi connectivity index (χ2n) is 13.6. The molecular formula is C31H40F3N6O5P. The molecular weight excluding hydrogens is 624 g/mol. The van der Waals surface area contributed by atoms with Gasteiger partial charge in [0.05, 0.1) is 16.8 Å². The molecule has 250 valence electrons. The number of halogens is 3. The Labute approximate surface area is 264 Å². The molecule has 2 fully saturated rings. The minimum absolute atomic E-state index is 0.0504. The summed E-state index contributed by atoms with van der Waals surface area (Å²) in [6.45, 7) is 8.85. The number of aromatic nitrogens is 3. The van der Waals surface area contributed by atoms with Crippen molar-refractivity contribution in [3.63, 3.8) is 0 Å². The maximum absolute atomic E-state index is 14.1. The number of anilines is 1. The number of ether oxygens (including phenoxy) is 1. The van der Waals surface area contributed by atoms with Gasteiger partial charge >= 0.3 is 18.2 Å². The molecule has 1 amide bonds. The fraction of sp³-hybridized carbons (Fsp3) is 0.548. The first kappa shape index (κ1) is 33.7. The van der Waals surface area contributed by atoms with Crippen molar-refractivity contribution in [3.05, 3.63) is 35.7 Å². The molecule has 15 heteroatoms. The van der Waals surface area contributed by atoms with Gasteiger partial charge in [-0.25, -0.2) is 19.6 Å². The van der Waals surface area contributed by atoms with Crippen molar-refractivity contribution in [2.24, 2.45) is 5.92 Å². The van der Waals surface area contributed by atoms with Gasteiger partial charge in [-0.15, -0.1) is 0 Å². The molecule has 0 spiro atoms. The molecule has 11 nitrogen and oxygen atoms in total. The minimum atomic E-state index is -4.75. The van der Waals surface area contributed by atoms with Gasteiger partial charge in [0.1, 0.15) is 18.3 Å². The van der Waals surface area contributed by atoms with Gasteiger partial charge in [-0.1, -0.05) is 6.07 Å². The van der Waals surface area contributed by atoms with Crippen LogP contribution in [0.3, 0.4) is 0 Å². The number of amides is 1. The highest BCUT2D eigenvalue weighted by Crippen LogP contribution is 2.43. The van der Waals surface area contributed by atoms with Gasteiger partial charge in [-0.2, -0.15) is 13.2 Å². The zero-order valence-electron chi connectivity index (χ0n) is 26.4. The molecule has 2 aliphatic carbocycles. The first-order valence-electron chi connectivity index (χ1n) is 15.3. The highest BCUT2D eigenvalue weighted by atomic mass is 31.2. The topological polar surface area (TPSA) is 158 Å². The first-order chi connectivity index (χ1) is 21.4. The monoisotopic (exact) mass is 664 g/mol. The molecule has 0 radical (unpaired) electrons. The molecule has 2 saturated carbocycles. The van der Waals surface area contributed by atoms with Crippen LogP contribution in [0, 0.1) is 5.92 Å². The fourth-order valence-electron chi connectivity index (χ4n) is 6.34. The molecule has 3 aromatic rings. The number of carboxylic acids is 1. The van der Waals surface area contributed by atoms with E-state index in [9.17, 15) is 32.4 Å². The van der Waals surface area contributed by atoms with Gasteiger partial charge in [0, 0.05) is 53.3 Å². The Morgan fingerprint density at radius 1 is 1.09 bits per heavy atom. The summed E-state index contributed by atoms with van der Waals surface area (Å²) in [5.74, 6) is -0.852. The van der Waals surface area contributed by atoms with Crippen LogP contribution in [-0.4, -0.2) is 75.7 Å². The van der Waals surface area contributed by atoms with Crippen LogP contribution >= 0.6 is 7.14 Å². The van der Waals surface area contributed by atoms with E-state index >= 15 is 0 Å². The largest absolute Gasteiger partial charge is 0.478 e. The van der Waals surface area contributed by atoms with Crippen molar-refractivity contribution >= 4 is 41.4 Å². The summed E-state index contributed by atoms with van der Waals surface area (Å²) in [4.78, 5) is 34.9. The number of alkyl carbamates (subject to hydrolysis) is 1. The molecule has 2 atom stereocenters. The summed E-state index contributed by atoms with van der Waals surface area (Å²) < 4.78 is 60.8. The molecule has 5 N–H and O–H groups in total. The minimum Gasteiger partial charge on any atom is -0.478 e. The van der Waals surface area contributed by atoms with Gasteiger partial charge in [0.15, 0.2) is 0 Å². The van der Waals surface area contributed by atoms with Gasteiger partial charge in [-0.3, -0.25) is 0 Å². The maximum Gasteiger partial charge on any atom is 0.419 e. The lowest BCUT2D eigenvalue weighted by molar-refractivity contribution is -0.137. The SMILES string of the molecule is CC(C)(C)OC(=O)NCC1CC(N[C@H]2CC[C@H](Nc3ncc(C(F)(F)F)c(-c4c[nH]c5c(P(C)(C)=O)c(C(=O)O)ccc45)n3)C2)C1. The van der Waals surface area contributed by atoms with Crippen LogP contribution in [-0.2, 0) is 15.5 Å². The highest BCUT2D eigenvalue weighted by molar-refractivity contribution is 7.70. The number of aromatic carboxylic acids is 1. The number of carbonyl (C=O) groups is 2. The second-order valence-corrected chi connectivity index (χ2v) is 16.8. The molecule has 0 aliphatic heterocycles. The van der Waals surface area contributed by atoms with E-state index in [-0.39, 0.29) is 51.1 Å². The average Bonchev–Trinajstić information content (AvgIpc) is 3.53. The molecule has 1 aromatic carbocycles. The van der Waals surface area contributed by atoms with Gasteiger partial charge in [0.25, 0.3) is 0 Å². The Kier molecular flexibility index (Phi) is 9.18. The summed E-state index contributed by atoms with van der Waals surface area (Å²) in [5, 5.41) is 19.7. The summed E-state index contributed by atoms with van der Waals surface area (Å²) in [7, 11) is -3.15. The van der Waals surface area contributed by atoms with E-state index in [1.807, 2.05) is 20.8 Å². The van der Waals surface area contributed by atoms with Gasteiger partial charge < -0.3 is 35.3 Å². The van der Waals surface area contributed by atoms with Crippen molar-refractivity contribution in [2.45, 2.75) is 82.8 Å². The number of hydrogen-bond acceptors (Lipinski definition) is 8. The molecule has 2 heterocycles. The fourth-order valence-corrected chi connectivity index (χ4v) is 7.81. The van der Waals surface area contributed by atoms with Crippen LogP contribution in [0.25, 0.3) is 22.2 Å². The number of aromatic amines is 1. The predicted octanol–water partition coefficient (Wildman–Crippen LogP) is 5.82. The zero-order valence-corrected chi connectivity index (χ0v) is 27.3. The van der Waals surface area contributed by atoms with Crippen LogP contribution in [0.5, 0.6) is 0 Å². The Hall–Kier alpha value is -3.64. The predicted molar refractivity (Wildman–Crippen MR) is 169 cm³/mol. The standard InChI is InChI=1S/C31H40F3N6O5P/c1-30(2,3)45-29(43)37-13-16-10-19(11-16)38-17-6-7-18(12-17)39-28-36-15-23(31(32,33)34)24(40-28)22-14-35-25-20(22)8-9-21(27(41)42)26(25)46(4,5)44/h8-9,14-19,35,38H,6-7,10-13H2,1-5H3,(H,37,43)(H,41,42)(H,36,39,40)/t16?,17-,18-,19?/m0/s1. The van der Waals surface area contributed by atoms with Crippen molar-refractivity contribution in [1.82, 2.24) is 25.6 Å². The quantitative estimate of drug-likeness (QED) is 0.178. The molecule has 2 aromatic heterocycles. The lowest BCUT2D eigenvalue weighted by Gasteiger charge is -2.38. The number of alkyl halides is 3. The van der Waals surface area contributed by atoms with E-state index < -0.39 is 36.5 Å². The number of hydrogen-bond donors (Lipinski definition) is 5. The third-order valence-electron chi connectivity index (χ3n) is 8.35. The molecule has 0 unspecified atom stereocenters. The van der Waals surface area contributed by atoms with E-state index in [4.69, 9.17) is 4.74 Å². The number of nitrogens with zero attached hydrogens (tertiary/aromatic N) is 2. The number of fused-ring (bicyclic) bond motifs is 1. The average molecular weight is 665 g/mol. The number of benzene rings is 1. The highest BCUT2D eigenvalue weighted by Gasteiger charge is 2.38. The number of H-pyrrole nitrogens is 1. The summed E-state index contributed by atoms with van der Waals surface area (Å²) in [6.07, 6.45) is 1.19. The number of carboxylic acid groups (broad SMARTS) is 1. The van der Waals surface area contributed by atoms with Crippen LogP contribution in [0.4, 0.5) is 23.9 Å². The number of carbonyl (C=O) groups excluding carboxylic acids is 1. The number of rotatable bonds is 9. The van der Waals surface area contributed by atoms with E-state index in [2.05, 4.69) is 30.9 Å². The van der Waals surface area contributed by atoms with Crippen LogP contribution < -0.4 is 21.3 Å². The molecule has 2 aliphatic rings. The van der Waals surface area contributed by atoms with Crippen molar-refractivity contribution in [3.8, 4) is 11.3 Å². The van der Waals surface area contributed by atoms with Crippen LogP contribution in [0.2, 0.25) is 0 Å². The maximum atomic E-state index is 14.1. The summed E-state index contributed by atoms with van der Waals surface area (Å²) in [6, 6.07) is 3.18. The third kappa shape index (κ3) is 7.66. The van der Waals surface area contributed by atoms with Gasteiger partial charge in [0.2, 0.25) is 5.95 Å². The van der Waals surface area contributed by atoms with Crippen molar-refractivity contribution in [1.29, 1.82) is 0 Å². The second kappa shape index (κ2) is 12.5. The number of nitrogens with one attached hydrogen (secondary N) is 4. The lowest BCUT2D eigenvalue weighted by Crippen LogP contribution is -2.49. The Morgan fingerprint density at radius 3 is 2.41 bits per heavy atom. The van der Waals surface area contributed by atoms with E-state index in [0.29, 0.717) is 18.5 Å². The van der Waals surface area contributed by atoms with Crippen LogP contribution in [0.1, 0.15) is 68.8 Å². The van der Waals surface area contributed by atoms with E-state index in [0.717, 1.165) is 38.3 Å². The zero-order chi connectivity index (χ0) is 33.6. The third-order valence-corrected chi connectivity index (χ3v) is 9.90. The smallest absolute Gasteiger partial charge is 0.419 e. The summed E-state index contributed by atoms with van der Waals surface area (Å²) >= 11 is 0. The van der Waals surface area contributed by atoms with E-state index in [1.54, 1.807) is 0 Å². The molecule has 5 rings (SSSR count). The lowest BCUT2D eigenvalue weighted by atomic mass is 9.80. The molecule has 46 heavy (non-hydrogen) atoms. The normalized spacial score (nSPS) is 22.0.